The number of nitrogens with one attached hydrogen (secondary N) is 2. The number of aromatic nitrogens is 7. The highest BCUT2D eigenvalue weighted by Crippen LogP contribution is 2.20. The van der Waals surface area contributed by atoms with Gasteiger partial charge in [0, 0.05) is 20.2 Å². The predicted molar refractivity (Wildman–Crippen MR) is 109 cm³/mol. The minimum Gasteiger partial charge on any atom is -0.378 e. The fourth-order valence-electron chi connectivity index (χ4n) is 2.95. The Hall–Kier alpha value is -3.45. The van der Waals surface area contributed by atoms with Crippen LogP contribution in [0.4, 0.5) is 28.1 Å². The molecule has 4 rings (SSSR count). The van der Waals surface area contributed by atoms with E-state index in [1.54, 1.807) is 24.2 Å². The SMILES string of the molecule is COCn1cnc(Nc2nc(N[C@@H](C)c3ncc(F)cn3)nc(N3CCOCC3)n2)c1. The molecule has 1 atom stereocenters. The predicted octanol–water partition coefficient (Wildman–Crippen LogP) is 1.35. The summed E-state index contributed by atoms with van der Waals surface area (Å²) in [4.78, 5) is 27.8. The number of nitrogens with zero attached hydrogens (tertiary/aromatic N) is 8. The summed E-state index contributed by atoms with van der Waals surface area (Å²) < 4.78 is 25.4. The molecule has 1 aliphatic rings. The van der Waals surface area contributed by atoms with Crippen molar-refractivity contribution >= 4 is 23.7 Å². The van der Waals surface area contributed by atoms with Gasteiger partial charge in [0.05, 0.1) is 44.2 Å². The second kappa shape index (κ2) is 9.57. The number of ether oxygens (including phenoxy) is 2. The van der Waals surface area contributed by atoms with Crippen molar-refractivity contribution in [1.82, 2.24) is 34.5 Å². The summed E-state index contributed by atoms with van der Waals surface area (Å²) in [5, 5.41) is 6.25. The number of rotatable bonds is 8. The van der Waals surface area contributed by atoms with Crippen molar-refractivity contribution in [3.63, 3.8) is 0 Å². The van der Waals surface area contributed by atoms with Crippen LogP contribution in [0, 0.1) is 5.82 Å². The van der Waals surface area contributed by atoms with Gasteiger partial charge in [-0.25, -0.2) is 19.3 Å². The monoisotopic (exact) mass is 430 g/mol. The molecule has 0 aliphatic carbocycles. The Morgan fingerprint density at radius 2 is 1.87 bits per heavy atom. The van der Waals surface area contributed by atoms with Crippen molar-refractivity contribution in [2.24, 2.45) is 0 Å². The van der Waals surface area contributed by atoms with Crippen LogP contribution in [-0.2, 0) is 16.2 Å². The molecule has 0 unspecified atom stereocenters. The summed E-state index contributed by atoms with van der Waals surface area (Å²) in [7, 11) is 1.61. The third-order valence-corrected chi connectivity index (χ3v) is 4.44. The largest absolute Gasteiger partial charge is 0.378 e. The van der Waals surface area contributed by atoms with Gasteiger partial charge >= 0.3 is 0 Å². The number of morpholine rings is 1. The second-order valence-corrected chi connectivity index (χ2v) is 6.82. The first-order chi connectivity index (χ1) is 15.1. The van der Waals surface area contributed by atoms with E-state index in [1.165, 1.54) is 0 Å². The van der Waals surface area contributed by atoms with Crippen LogP contribution in [-0.4, -0.2) is 67.9 Å². The standard InChI is InChI=1S/C18H23FN10O2/c1-12(15-20-7-13(19)8-21-15)23-16-25-17(24-14-9-28(10-22-14)11-30-2)27-18(26-16)29-3-5-31-6-4-29/h7-10,12H,3-6,11H2,1-2H3,(H2,23,24,25,26,27)/t12-/m0/s1. The normalized spacial score (nSPS) is 15.0. The van der Waals surface area contributed by atoms with E-state index < -0.39 is 5.82 Å². The molecule has 0 radical (unpaired) electrons. The van der Waals surface area contributed by atoms with Crippen molar-refractivity contribution in [2.45, 2.75) is 19.7 Å². The van der Waals surface area contributed by atoms with E-state index in [1.807, 2.05) is 11.8 Å². The lowest BCUT2D eigenvalue weighted by molar-refractivity contribution is 0.122. The number of anilines is 4. The molecule has 0 aromatic carbocycles. The number of methoxy groups -OCH3 is 1. The second-order valence-electron chi connectivity index (χ2n) is 6.82. The van der Waals surface area contributed by atoms with E-state index in [4.69, 9.17) is 9.47 Å². The Labute approximate surface area is 177 Å². The molecule has 13 heteroatoms. The highest BCUT2D eigenvalue weighted by molar-refractivity contribution is 5.51. The quantitative estimate of drug-likeness (QED) is 0.537. The summed E-state index contributed by atoms with van der Waals surface area (Å²) in [6.45, 7) is 4.75. The molecule has 12 nitrogen and oxygen atoms in total. The highest BCUT2D eigenvalue weighted by atomic mass is 19.1. The van der Waals surface area contributed by atoms with Gasteiger partial charge in [-0.1, -0.05) is 0 Å². The minimum absolute atomic E-state index is 0.328. The van der Waals surface area contributed by atoms with Crippen molar-refractivity contribution in [3.05, 3.63) is 36.6 Å². The molecule has 1 saturated heterocycles. The average molecular weight is 430 g/mol. The van der Waals surface area contributed by atoms with Crippen LogP contribution < -0.4 is 15.5 Å². The summed E-state index contributed by atoms with van der Waals surface area (Å²) in [6, 6.07) is -0.352. The van der Waals surface area contributed by atoms with Gasteiger partial charge in [-0.05, 0) is 6.92 Å². The van der Waals surface area contributed by atoms with E-state index in [9.17, 15) is 4.39 Å². The molecule has 0 spiro atoms. The van der Waals surface area contributed by atoms with Gasteiger partial charge in [0.2, 0.25) is 17.8 Å². The topological polar surface area (TPSA) is 128 Å². The van der Waals surface area contributed by atoms with Gasteiger partial charge in [0.15, 0.2) is 11.6 Å². The molecule has 1 fully saturated rings. The zero-order chi connectivity index (χ0) is 21.6. The van der Waals surface area contributed by atoms with E-state index >= 15 is 0 Å². The summed E-state index contributed by atoms with van der Waals surface area (Å²) in [5.74, 6) is 1.65. The lowest BCUT2D eigenvalue weighted by Gasteiger charge is -2.27. The molecule has 0 saturated carbocycles. The van der Waals surface area contributed by atoms with Crippen LogP contribution in [0.1, 0.15) is 18.8 Å². The lowest BCUT2D eigenvalue weighted by atomic mass is 10.3. The number of hydrogen-bond acceptors (Lipinski definition) is 11. The van der Waals surface area contributed by atoms with E-state index in [-0.39, 0.29) is 6.04 Å². The molecule has 2 N–H and O–H groups in total. The van der Waals surface area contributed by atoms with Gasteiger partial charge in [0.1, 0.15) is 12.6 Å². The van der Waals surface area contributed by atoms with Crippen molar-refractivity contribution in [1.29, 1.82) is 0 Å². The molecule has 0 amide bonds. The van der Waals surface area contributed by atoms with Crippen molar-refractivity contribution in [2.75, 3.05) is 48.9 Å². The first-order valence-corrected chi connectivity index (χ1v) is 9.71. The Morgan fingerprint density at radius 1 is 1.13 bits per heavy atom. The van der Waals surface area contributed by atoms with E-state index in [0.717, 1.165) is 12.4 Å². The molecule has 3 aromatic heterocycles. The zero-order valence-corrected chi connectivity index (χ0v) is 17.2. The summed E-state index contributed by atoms with van der Waals surface area (Å²) >= 11 is 0. The molecule has 3 aromatic rings. The van der Waals surface area contributed by atoms with E-state index in [0.29, 0.717) is 62.5 Å². The van der Waals surface area contributed by atoms with Gasteiger partial charge in [-0.15, -0.1) is 0 Å². The third-order valence-electron chi connectivity index (χ3n) is 4.44. The fraction of sp³-hybridized carbons (Fsp3) is 0.444. The first-order valence-electron chi connectivity index (χ1n) is 9.71. The van der Waals surface area contributed by atoms with Crippen LogP contribution >= 0.6 is 0 Å². The maximum absolute atomic E-state index is 13.1. The average Bonchev–Trinajstić information content (AvgIpc) is 3.21. The molecular weight excluding hydrogens is 407 g/mol. The molecule has 164 valence electrons. The van der Waals surface area contributed by atoms with Crippen LogP contribution in [0.15, 0.2) is 24.9 Å². The number of imidazole rings is 1. The highest BCUT2D eigenvalue weighted by Gasteiger charge is 2.19. The Bertz CT molecular complexity index is 993. The Morgan fingerprint density at radius 3 is 2.61 bits per heavy atom. The summed E-state index contributed by atoms with van der Waals surface area (Å²) in [5.41, 5.74) is 0. The Kier molecular flexibility index (Phi) is 6.43. The minimum atomic E-state index is -0.495. The molecule has 1 aliphatic heterocycles. The fourth-order valence-corrected chi connectivity index (χ4v) is 2.95. The molecule has 4 heterocycles. The van der Waals surface area contributed by atoms with Crippen LogP contribution in [0.3, 0.4) is 0 Å². The number of hydrogen-bond donors (Lipinski definition) is 2. The third kappa shape index (κ3) is 5.38. The van der Waals surface area contributed by atoms with Gasteiger partial charge in [-0.2, -0.15) is 15.0 Å². The van der Waals surface area contributed by atoms with Crippen molar-refractivity contribution < 1.29 is 13.9 Å². The molecule has 31 heavy (non-hydrogen) atoms. The van der Waals surface area contributed by atoms with Crippen molar-refractivity contribution in [3.8, 4) is 0 Å². The van der Waals surface area contributed by atoms with Gasteiger partial charge in [0.25, 0.3) is 0 Å². The number of halogens is 1. The summed E-state index contributed by atoms with van der Waals surface area (Å²) in [6.07, 6.45) is 5.67. The first kappa shape index (κ1) is 20.8. The van der Waals surface area contributed by atoms with Crippen LogP contribution in [0.2, 0.25) is 0 Å². The molecular formula is C18H23FN10O2. The van der Waals surface area contributed by atoms with E-state index in [2.05, 4.69) is 40.5 Å². The smallest absolute Gasteiger partial charge is 0.235 e. The lowest BCUT2D eigenvalue weighted by Crippen LogP contribution is -2.37. The van der Waals surface area contributed by atoms with Gasteiger partial charge in [-0.3, -0.25) is 0 Å². The van der Waals surface area contributed by atoms with Crippen LogP contribution in [0.5, 0.6) is 0 Å². The maximum Gasteiger partial charge on any atom is 0.235 e. The van der Waals surface area contributed by atoms with Gasteiger partial charge < -0.3 is 29.6 Å². The maximum atomic E-state index is 13.1. The Balaban J connectivity index is 1.58. The molecule has 0 bridgehead atoms. The zero-order valence-electron chi connectivity index (χ0n) is 17.2. The van der Waals surface area contributed by atoms with Crippen LogP contribution in [0.25, 0.3) is 0 Å².